The Kier molecular flexibility index (Phi) is 3.50. The van der Waals surface area contributed by atoms with Crippen molar-refractivity contribution in [2.24, 2.45) is 5.73 Å². The van der Waals surface area contributed by atoms with Crippen LogP contribution < -0.4 is 5.73 Å². The first-order valence-electron chi connectivity index (χ1n) is 4.70. The van der Waals surface area contributed by atoms with E-state index in [0.29, 0.717) is 15.7 Å². The second-order valence-electron chi connectivity index (χ2n) is 3.47. The van der Waals surface area contributed by atoms with Crippen LogP contribution in [0.25, 0.3) is 0 Å². The van der Waals surface area contributed by atoms with Crippen LogP contribution in [0, 0.1) is 6.92 Å². The van der Waals surface area contributed by atoms with Crippen LogP contribution >= 0.6 is 34.5 Å². The molecule has 2 aromatic heterocycles. The van der Waals surface area contributed by atoms with E-state index in [0.717, 1.165) is 10.4 Å². The minimum atomic E-state index is -0.287. The van der Waals surface area contributed by atoms with Crippen LogP contribution in [-0.4, -0.2) is 4.98 Å². The Morgan fingerprint density at radius 3 is 2.75 bits per heavy atom. The van der Waals surface area contributed by atoms with Gasteiger partial charge in [0.2, 0.25) is 0 Å². The van der Waals surface area contributed by atoms with Gasteiger partial charge in [-0.25, -0.2) is 0 Å². The molecule has 0 spiro atoms. The number of halogens is 2. The molecule has 0 aromatic carbocycles. The number of hydrogen-bond donors (Lipinski definition) is 1. The van der Waals surface area contributed by atoms with Gasteiger partial charge in [0.15, 0.2) is 0 Å². The van der Waals surface area contributed by atoms with E-state index in [-0.39, 0.29) is 6.04 Å². The zero-order valence-corrected chi connectivity index (χ0v) is 10.9. The first-order chi connectivity index (χ1) is 7.59. The maximum atomic E-state index is 6.13. The molecular weight excluding hydrogens is 263 g/mol. The quantitative estimate of drug-likeness (QED) is 0.903. The number of aromatic nitrogens is 1. The zero-order chi connectivity index (χ0) is 11.7. The van der Waals surface area contributed by atoms with E-state index in [4.69, 9.17) is 28.9 Å². The molecule has 0 amide bonds. The van der Waals surface area contributed by atoms with Gasteiger partial charge in [0, 0.05) is 11.1 Å². The molecule has 1 unspecified atom stereocenters. The SMILES string of the molecule is Cc1ccsc1C(N)c1ncc(Cl)cc1Cl. The van der Waals surface area contributed by atoms with Crippen molar-refractivity contribution < 1.29 is 0 Å². The molecule has 84 valence electrons. The maximum absolute atomic E-state index is 6.13. The number of aryl methyl sites for hydroxylation is 1. The number of nitrogens with zero attached hydrogens (tertiary/aromatic N) is 1. The lowest BCUT2D eigenvalue weighted by molar-refractivity contribution is 0.841. The second-order valence-corrected chi connectivity index (χ2v) is 5.26. The van der Waals surface area contributed by atoms with Gasteiger partial charge in [-0.2, -0.15) is 0 Å². The van der Waals surface area contributed by atoms with Gasteiger partial charge >= 0.3 is 0 Å². The largest absolute Gasteiger partial charge is 0.318 e. The molecule has 1 atom stereocenters. The maximum Gasteiger partial charge on any atom is 0.0837 e. The molecule has 0 aliphatic carbocycles. The van der Waals surface area contributed by atoms with Crippen molar-refractivity contribution in [1.82, 2.24) is 4.98 Å². The Bertz CT molecular complexity index is 510. The number of hydrogen-bond acceptors (Lipinski definition) is 3. The monoisotopic (exact) mass is 272 g/mol. The first-order valence-corrected chi connectivity index (χ1v) is 6.33. The van der Waals surface area contributed by atoms with Crippen molar-refractivity contribution in [2.45, 2.75) is 13.0 Å². The molecule has 2 heterocycles. The predicted octanol–water partition coefficient (Wildman–Crippen LogP) is 3.81. The number of rotatable bonds is 2. The smallest absolute Gasteiger partial charge is 0.0837 e. The molecule has 2 nitrogen and oxygen atoms in total. The summed E-state index contributed by atoms with van der Waals surface area (Å²) in [6.45, 7) is 2.02. The van der Waals surface area contributed by atoms with E-state index < -0.39 is 0 Å². The molecule has 0 bridgehead atoms. The molecule has 0 saturated carbocycles. The van der Waals surface area contributed by atoms with Crippen LogP contribution in [0.15, 0.2) is 23.7 Å². The molecule has 0 radical (unpaired) electrons. The standard InChI is InChI=1S/C11H10Cl2N2S/c1-6-2-3-16-11(6)9(14)10-8(13)4-7(12)5-15-10/h2-5,9H,14H2,1H3. The van der Waals surface area contributed by atoms with Crippen molar-refractivity contribution in [3.63, 3.8) is 0 Å². The molecule has 5 heteroatoms. The van der Waals surface area contributed by atoms with E-state index in [9.17, 15) is 0 Å². The molecule has 2 aromatic rings. The molecule has 0 fully saturated rings. The molecule has 2 rings (SSSR count). The predicted molar refractivity (Wildman–Crippen MR) is 69.3 cm³/mol. The fourth-order valence-electron chi connectivity index (χ4n) is 1.48. The van der Waals surface area contributed by atoms with Gasteiger partial charge in [-0.05, 0) is 30.0 Å². The third-order valence-corrected chi connectivity index (χ3v) is 3.93. The highest BCUT2D eigenvalue weighted by Gasteiger charge is 2.17. The summed E-state index contributed by atoms with van der Waals surface area (Å²) in [5.74, 6) is 0. The highest BCUT2D eigenvalue weighted by atomic mass is 35.5. The minimum Gasteiger partial charge on any atom is -0.318 e. The Morgan fingerprint density at radius 2 is 2.19 bits per heavy atom. The summed E-state index contributed by atoms with van der Waals surface area (Å²) in [5.41, 5.74) is 7.95. The molecule has 2 N–H and O–H groups in total. The van der Waals surface area contributed by atoms with Crippen LogP contribution in [0.3, 0.4) is 0 Å². The zero-order valence-electron chi connectivity index (χ0n) is 8.58. The summed E-state index contributed by atoms with van der Waals surface area (Å²) < 4.78 is 0. The van der Waals surface area contributed by atoms with Gasteiger partial charge < -0.3 is 5.73 Å². The van der Waals surface area contributed by atoms with Gasteiger partial charge in [0.25, 0.3) is 0 Å². The molecule has 16 heavy (non-hydrogen) atoms. The number of pyridine rings is 1. The fraction of sp³-hybridized carbons (Fsp3) is 0.182. The van der Waals surface area contributed by atoms with Crippen molar-refractivity contribution in [2.75, 3.05) is 0 Å². The van der Waals surface area contributed by atoms with Crippen molar-refractivity contribution in [3.8, 4) is 0 Å². The van der Waals surface area contributed by atoms with Gasteiger partial charge in [-0.15, -0.1) is 11.3 Å². The normalized spacial score (nSPS) is 12.8. The van der Waals surface area contributed by atoms with Gasteiger partial charge in [-0.1, -0.05) is 23.2 Å². The van der Waals surface area contributed by atoms with Crippen LogP contribution in [0.5, 0.6) is 0 Å². The average molecular weight is 273 g/mol. The lowest BCUT2D eigenvalue weighted by atomic mass is 10.1. The highest BCUT2D eigenvalue weighted by Crippen LogP contribution is 2.31. The summed E-state index contributed by atoms with van der Waals surface area (Å²) in [5, 5.41) is 3.03. The van der Waals surface area contributed by atoms with Crippen molar-refractivity contribution in [3.05, 3.63) is 49.9 Å². The van der Waals surface area contributed by atoms with Gasteiger partial charge in [0.1, 0.15) is 0 Å². The van der Waals surface area contributed by atoms with Crippen LogP contribution in [0.4, 0.5) is 0 Å². The third-order valence-electron chi connectivity index (χ3n) is 2.32. The van der Waals surface area contributed by atoms with Crippen LogP contribution in [-0.2, 0) is 0 Å². The Hall–Kier alpha value is -0.610. The average Bonchev–Trinajstić information content (AvgIpc) is 2.63. The Morgan fingerprint density at radius 1 is 1.44 bits per heavy atom. The topological polar surface area (TPSA) is 38.9 Å². The van der Waals surface area contributed by atoms with E-state index in [1.807, 2.05) is 18.4 Å². The molecule has 0 aliphatic heterocycles. The van der Waals surface area contributed by atoms with E-state index >= 15 is 0 Å². The van der Waals surface area contributed by atoms with Crippen LogP contribution in [0.2, 0.25) is 10.0 Å². The van der Waals surface area contributed by atoms with E-state index in [2.05, 4.69) is 4.98 Å². The van der Waals surface area contributed by atoms with Crippen molar-refractivity contribution in [1.29, 1.82) is 0 Å². The van der Waals surface area contributed by atoms with Gasteiger partial charge in [0.05, 0.1) is 21.8 Å². The Balaban J connectivity index is 2.41. The molecular formula is C11H10Cl2N2S. The van der Waals surface area contributed by atoms with Crippen molar-refractivity contribution >= 4 is 34.5 Å². The highest BCUT2D eigenvalue weighted by molar-refractivity contribution is 7.10. The first kappa shape index (κ1) is 11.9. The van der Waals surface area contributed by atoms with Gasteiger partial charge in [-0.3, -0.25) is 4.98 Å². The number of thiophene rings is 1. The fourth-order valence-corrected chi connectivity index (χ4v) is 2.91. The summed E-state index contributed by atoms with van der Waals surface area (Å²) in [6.07, 6.45) is 1.56. The third kappa shape index (κ3) is 2.23. The second kappa shape index (κ2) is 4.72. The Labute approximate surface area is 108 Å². The summed E-state index contributed by atoms with van der Waals surface area (Å²) in [6, 6.07) is 3.41. The van der Waals surface area contributed by atoms with Crippen LogP contribution in [0.1, 0.15) is 22.2 Å². The van der Waals surface area contributed by atoms with E-state index in [1.54, 1.807) is 23.6 Å². The lowest BCUT2D eigenvalue weighted by Gasteiger charge is -2.12. The lowest BCUT2D eigenvalue weighted by Crippen LogP contribution is -2.13. The van der Waals surface area contributed by atoms with E-state index in [1.165, 1.54) is 0 Å². The summed E-state index contributed by atoms with van der Waals surface area (Å²) in [7, 11) is 0. The molecule has 0 saturated heterocycles. The number of nitrogens with two attached hydrogens (primary N) is 1. The summed E-state index contributed by atoms with van der Waals surface area (Å²) >= 11 is 13.5. The summed E-state index contributed by atoms with van der Waals surface area (Å²) in [4.78, 5) is 5.27. The molecule has 0 aliphatic rings. The minimum absolute atomic E-state index is 0.287.